The van der Waals surface area contributed by atoms with Gasteiger partial charge in [0.2, 0.25) is 11.8 Å². The van der Waals surface area contributed by atoms with E-state index in [0.717, 1.165) is 18.5 Å². The molecule has 16 heavy (non-hydrogen) atoms. The lowest BCUT2D eigenvalue weighted by atomic mass is 10.3. The van der Waals surface area contributed by atoms with Crippen molar-refractivity contribution < 1.29 is 4.74 Å². The fraction of sp³-hybridized carbons (Fsp3) is 0.455. The maximum Gasteiger partial charge on any atom is 0.237 e. The van der Waals surface area contributed by atoms with Crippen molar-refractivity contribution in [3.63, 3.8) is 0 Å². The maximum absolute atomic E-state index is 5.91. The molecule has 0 bridgehead atoms. The zero-order valence-electron chi connectivity index (χ0n) is 9.59. The van der Waals surface area contributed by atoms with Crippen molar-refractivity contribution in [2.24, 2.45) is 0 Å². The highest BCUT2D eigenvalue weighted by molar-refractivity contribution is 6.31. The van der Waals surface area contributed by atoms with Crippen LogP contribution < -0.4 is 10.1 Å². The summed E-state index contributed by atoms with van der Waals surface area (Å²) in [6.07, 6.45) is 2.32. The molecule has 1 rings (SSSR count). The minimum atomic E-state index is 0.411. The number of nitrogens with one attached hydrogen (secondary N) is 1. The standard InChI is InChI=1S/C11H16ClN3O/c1-4-13-11-14-7-9(12)10(15-11)16-6-5-8(2)3/h7H,2,4-6H2,1,3H3,(H,13,14,15). The Hall–Kier alpha value is -1.29. The Labute approximate surface area is 101 Å². The molecule has 1 aromatic heterocycles. The largest absolute Gasteiger partial charge is 0.476 e. The van der Waals surface area contributed by atoms with E-state index in [9.17, 15) is 0 Å². The summed E-state index contributed by atoms with van der Waals surface area (Å²) >= 11 is 5.91. The van der Waals surface area contributed by atoms with Gasteiger partial charge in [0.1, 0.15) is 5.02 Å². The van der Waals surface area contributed by atoms with Crippen molar-refractivity contribution in [1.82, 2.24) is 9.97 Å². The Morgan fingerprint density at radius 2 is 2.38 bits per heavy atom. The van der Waals surface area contributed by atoms with Crippen LogP contribution in [0.15, 0.2) is 18.3 Å². The minimum Gasteiger partial charge on any atom is -0.476 e. The van der Waals surface area contributed by atoms with Crippen molar-refractivity contribution >= 4 is 17.5 Å². The van der Waals surface area contributed by atoms with Crippen LogP contribution in [0, 0.1) is 0 Å². The molecule has 0 unspecified atom stereocenters. The maximum atomic E-state index is 5.91. The second kappa shape index (κ2) is 6.33. The van der Waals surface area contributed by atoms with Crippen molar-refractivity contribution in [2.75, 3.05) is 18.5 Å². The summed E-state index contributed by atoms with van der Waals surface area (Å²) in [5.74, 6) is 0.936. The van der Waals surface area contributed by atoms with E-state index in [1.807, 2.05) is 13.8 Å². The van der Waals surface area contributed by atoms with Gasteiger partial charge in [0.05, 0.1) is 12.8 Å². The molecule has 0 aliphatic carbocycles. The average molecular weight is 242 g/mol. The molecule has 0 aliphatic rings. The lowest BCUT2D eigenvalue weighted by Crippen LogP contribution is -2.05. The third-order valence-electron chi connectivity index (χ3n) is 1.81. The van der Waals surface area contributed by atoms with Crippen molar-refractivity contribution in [1.29, 1.82) is 0 Å². The summed E-state index contributed by atoms with van der Waals surface area (Å²) in [6.45, 7) is 9.01. The first kappa shape index (κ1) is 12.8. The Bertz CT molecular complexity index is 368. The molecule has 1 heterocycles. The van der Waals surface area contributed by atoms with Gasteiger partial charge in [0.25, 0.3) is 0 Å². The number of hydrogen-bond acceptors (Lipinski definition) is 4. The van der Waals surface area contributed by atoms with Gasteiger partial charge in [-0.15, -0.1) is 6.58 Å². The fourth-order valence-electron chi connectivity index (χ4n) is 1.02. The van der Waals surface area contributed by atoms with Crippen LogP contribution in [0.2, 0.25) is 5.02 Å². The summed E-state index contributed by atoms with van der Waals surface area (Å²) in [5.41, 5.74) is 1.07. The van der Waals surface area contributed by atoms with E-state index in [1.165, 1.54) is 6.20 Å². The van der Waals surface area contributed by atoms with Crippen LogP contribution in [0.25, 0.3) is 0 Å². The van der Waals surface area contributed by atoms with Crippen LogP contribution in [-0.4, -0.2) is 23.1 Å². The van der Waals surface area contributed by atoms with Gasteiger partial charge in [-0.2, -0.15) is 4.98 Å². The zero-order chi connectivity index (χ0) is 12.0. The van der Waals surface area contributed by atoms with Crippen LogP contribution >= 0.6 is 11.6 Å². The van der Waals surface area contributed by atoms with Crippen molar-refractivity contribution in [3.05, 3.63) is 23.4 Å². The summed E-state index contributed by atoms with van der Waals surface area (Å²) in [6, 6.07) is 0. The molecule has 88 valence electrons. The lowest BCUT2D eigenvalue weighted by molar-refractivity contribution is 0.309. The second-order valence-electron chi connectivity index (χ2n) is 3.43. The molecule has 0 fully saturated rings. The molecule has 0 saturated carbocycles. The smallest absolute Gasteiger partial charge is 0.237 e. The van der Waals surface area contributed by atoms with E-state index < -0.39 is 0 Å². The van der Waals surface area contributed by atoms with Gasteiger partial charge in [0, 0.05) is 13.0 Å². The molecule has 0 aliphatic heterocycles. The third-order valence-corrected chi connectivity index (χ3v) is 2.07. The quantitative estimate of drug-likeness (QED) is 0.778. The molecule has 1 N–H and O–H groups in total. The third kappa shape index (κ3) is 4.06. The molecular formula is C11H16ClN3O. The van der Waals surface area contributed by atoms with Gasteiger partial charge in [-0.05, 0) is 13.8 Å². The van der Waals surface area contributed by atoms with Gasteiger partial charge in [0.15, 0.2) is 0 Å². The monoisotopic (exact) mass is 241 g/mol. The van der Waals surface area contributed by atoms with Crippen molar-refractivity contribution in [3.8, 4) is 5.88 Å². The van der Waals surface area contributed by atoms with Gasteiger partial charge in [-0.1, -0.05) is 17.2 Å². The first-order valence-electron chi connectivity index (χ1n) is 5.17. The molecule has 0 aromatic carbocycles. The predicted octanol–water partition coefficient (Wildman–Crippen LogP) is 2.91. The van der Waals surface area contributed by atoms with Crippen LogP contribution in [0.3, 0.4) is 0 Å². The Balaban J connectivity index is 2.62. The molecule has 0 spiro atoms. The summed E-state index contributed by atoms with van der Waals surface area (Å²) in [7, 11) is 0. The Kier molecular flexibility index (Phi) is 5.05. The van der Waals surface area contributed by atoms with E-state index in [-0.39, 0.29) is 0 Å². The van der Waals surface area contributed by atoms with E-state index >= 15 is 0 Å². The SMILES string of the molecule is C=C(C)CCOc1nc(NCC)ncc1Cl. The van der Waals surface area contributed by atoms with Crippen LogP contribution in [0.4, 0.5) is 5.95 Å². The first-order valence-corrected chi connectivity index (χ1v) is 5.55. The Morgan fingerprint density at radius 3 is 3.00 bits per heavy atom. The molecule has 4 nitrogen and oxygen atoms in total. The zero-order valence-corrected chi connectivity index (χ0v) is 10.3. The Morgan fingerprint density at radius 1 is 1.62 bits per heavy atom. The number of anilines is 1. The normalized spacial score (nSPS) is 9.94. The van der Waals surface area contributed by atoms with Gasteiger partial charge < -0.3 is 10.1 Å². The van der Waals surface area contributed by atoms with Crippen LogP contribution in [-0.2, 0) is 0 Å². The number of rotatable bonds is 6. The topological polar surface area (TPSA) is 47.0 Å². The highest BCUT2D eigenvalue weighted by Crippen LogP contribution is 2.22. The molecular weight excluding hydrogens is 226 g/mol. The molecule has 0 amide bonds. The molecule has 0 atom stereocenters. The lowest BCUT2D eigenvalue weighted by Gasteiger charge is -2.08. The summed E-state index contributed by atoms with van der Waals surface area (Å²) in [5, 5.41) is 3.42. The van der Waals surface area contributed by atoms with E-state index in [4.69, 9.17) is 16.3 Å². The highest BCUT2D eigenvalue weighted by Gasteiger charge is 2.05. The van der Waals surface area contributed by atoms with Gasteiger partial charge >= 0.3 is 0 Å². The van der Waals surface area contributed by atoms with Gasteiger partial charge in [-0.25, -0.2) is 4.98 Å². The number of ether oxygens (including phenoxy) is 1. The summed E-state index contributed by atoms with van der Waals surface area (Å²) < 4.78 is 5.45. The van der Waals surface area contributed by atoms with Crippen molar-refractivity contribution in [2.45, 2.75) is 20.3 Å². The van der Waals surface area contributed by atoms with Gasteiger partial charge in [-0.3, -0.25) is 0 Å². The van der Waals surface area contributed by atoms with E-state index in [2.05, 4.69) is 21.9 Å². The van der Waals surface area contributed by atoms with E-state index in [0.29, 0.717) is 23.5 Å². The number of halogens is 1. The molecule has 0 saturated heterocycles. The highest BCUT2D eigenvalue weighted by atomic mass is 35.5. The van der Waals surface area contributed by atoms with Crippen LogP contribution in [0.5, 0.6) is 5.88 Å². The molecule has 5 heteroatoms. The number of hydrogen-bond donors (Lipinski definition) is 1. The average Bonchev–Trinajstić information content (AvgIpc) is 2.22. The second-order valence-corrected chi connectivity index (χ2v) is 3.84. The number of nitrogens with zero attached hydrogens (tertiary/aromatic N) is 2. The van der Waals surface area contributed by atoms with Crippen LogP contribution in [0.1, 0.15) is 20.3 Å². The number of aromatic nitrogens is 2. The molecule has 0 radical (unpaired) electrons. The van der Waals surface area contributed by atoms with E-state index in [1.54, 1.807) is 0 Å². The molecule has 1 aromatic rings. The predicted molar refractivity (Wildman–Crippen MR) is 66.1 cm³/mol. The fourth-order valence-corrected chi connectivity index (χ4v) is 1.16. The summed E-state index contributed by atoms with van der Waals surface area (Å²) in [4.78, 5) is 8.17. The minimum absolute atomic E-state index is 0.411. The first-order chi connectivity index (χ1) is 7.63.